The highest BCUT2D eigenvalue weighted by Gasteiger charge is 2.38. The Balaban J connectivity index is 2.58. The highest BCUT2D eigenvalue weighted by Crippen LogP contribution is 2.41. The van der Waals surface area contributed by atoms with Crippen LogP contribution in [0, 0.1) is 5.41 Å². The quantitative estimate of drug-likeness (QED) is 0.822. The largest absolute Gasteiger partial charge is 0.383 e. The second kappa shape index (κ2) is 3.85. The van der Waals surface area contributed by atoms with Crippen LogP contribution in [0.3, 0.4) is 0 Å². The molecule has 1 aliphatic heterocycles. The summed E-state index contributed by atoms with van der Waals surface area (Å²) in [4.78, 5) is 0. The van der Waals surface area contributed by atoms with E-state index in [1.165, 1.54) is 0 Å². The fraction of sp³-hybridized carbons (Fsp3) is 0.333. The fourth-order valence-corrected chi connectivity index (χ4v) is 2.97. The Bertz CT molecular complexity index is 549. The summed E-state index contributed by atoms with van der Waals surface area (Å²) in [6.45, 7) is 7.60. The Morgan fingerprint density at radius 1 is 1.41 bits per heavy atom. The molecule has 1 aromatic rings. The van der Waals surface area contributed by atoms with E-state index < -0.39 is 15.7 Å². The summed E-state index contributed by atoms with van der Waals surface area (Å²) < 4.78 is 30.7. The Kier molecular flexibility index (Phi) is 2.75. The van der Waals surface area contributed by atoms with Crippen LogP contribution in [0.15, 0.2) is 36.9 Å². The van der Waals surface area contributed by atoms with Crippen molar-refractivity contribution in [3.05, 3.63) is 42.5 Å². The highest BCUT2D eigenvalue weighted by atomic mass is 32.2. The van der Waals surface area contributed by atoms with Gasteiger partial charge in [-0.2, -0.15) is 13.1 Å². The lowest BCUT2D eigenvalue weighted by Gasteiger charge is -2.35. The van der Waals surface area contributed by atoms with Gasteiger partial charge in [0.2, 0.25) is 0 Å². The van der Waals surface area contributed by atoms with Gasteiger partial charge in [0.1, 0.15) is 5.75 Å². The van der Waals surface area contributed by atoms with Crippen LogP contribution in [-0.4, -0.2) is 8.42 Å². The van der Waals surface area contributed by atoms with E-state index in [1.54, 1.807) is 18.2 Å². The van der Waals surface area contributed by atoms with E-state index in [1.807, 2.05) is 26.0 Å². The SMILES string of the molecule is C=CC(C)(C)[C@@H]1NS(=O)(=O)Oc2ccccc21. The Hall–Kier alpha value is -1.33. The molecule has 1 heterocycles. The number of para-hydroxylation sites is 1. The summed E-state index contributed by atoms with van der Waals surface area (Å²) in [6.07, 6.45) is 1.74. The van der Waals surface area contributed by atoms with Crippen molar-refractivity contribution >= 4 is 10.3 Å². The van der Waals surface area contributed by atoms with Gasteiger partial charge in [-0.15, -0.1) is 6.58 Å². The number of benzene rings is 1. The Labute approximate surface area is 102 Å². The molecule has 5 heteroatoms. The average molecular weight is 253 g/mol. The summed E-state index contributed by atoms with van der Waals surface area (Å²) in [5, 5.41) is 0. The minimum atomic E-state index is -3.74. The molecule has 0 saturated heterocycles. The van der Waals surface area contributed by atoms with Gasteiger partial charge >= 0.3 is 10.3 Å². The van der Waals surface area contributed by atoms with Crippen molar-refractivity contribution in [2.24, 2.45) is 5.41 Å². The first-order valence-corrected chi connectivity index (χ1v) is 6.71. The lowest BCUT2D eigenvalue weighted by Crippen LogP contribution is -2.42. The lowest BCUT2D eigenvalue weighted by atomic mass is 9.81. The van der Waals surface area contributed by atoms with Crippen molar-refractivity contribution in [3.8, 4) is 5.75 Å². The zero-order valence-corrected chi connectivity index (χ0v) is 10.6. The van der Waals surface area contributed by atoms with E-state index in [0.29, 0.717) is 5.75 Å². The normalized spacial score (nSPS) is 22.4. The van der Waals surface area contributed by atoms with Gasteiger partial charge < -0.3 is 4.18 Å². The van der Waals surface area contributed by atoms with Crippen molar-refractivity contribution in [3.63, 3.8) is 0 Å². The van der Waals surface area contributed by atoms with Crippen LogP contribution in [0.4, 0.5) is 0 Å². The zero-order chi connectivity index (χ0) is 12.7. The van der Waals surface area contributed by atoms with E-state index in [4.69, 9.17) is 4.18 Å². The van der Waals surface area contributed by atoms with Gasteiger partial charge in [0.25, 0.3) is 0 Å². The number of fused-ring (bicyclic) bond motifs is 1. The molecule has 17 heavy (non-hydrogen) atoms. The molecular weight excluding hydrogens is 238 g/mol. The molecule has 4 nitrogen and oxygen atoms in total. The van der Waals surface area contributed by atoms with Crippen LogP contribution in [0.25, 0.3) is 0 Å². The second-order valence-electron chi connectivity index (χ2n) is 4.65. The molecule has 0 amide bonds. The van der Waals surface area contributed by atoms with Crippen molar-refractivity contribution in [1.29, 1.82) is 0 Å². The molecule has 0 aromatic heterocycles. The molecule has 1 N–H and O–H groups in total. The van der Waals surface area contributed by atoms with Crippen molar-refractivity contribution in [2.75, 3.05) is 0 Å². The third-order valence-corrected chi connectivity index (χ3v) is 3.89. The topological polar surface area (TPSA) is 55.4 Å². The van der Waals surface area contributed by atoms with Crippen molar-refractivity contribution in [1.82, 2.24) is 4.72 Å². The minimum absolute atomic E-state index is 0.366. The maximum atomic E-state index is 11.6. The number of hydrogen-bond acceptors (Lipinski definition) is 3. The van der Waals surface area contributed by atoms with Gasteiger partial charge in [-0.3, -0.25) is 0 Å². The average Bonchev–Trinajstić information content (AvgIpc) is 2.26. The van der Waals surface area contributed by atoms with Gasteiger partial charge in [0, 0.05) is 11.0 Å². The molecule has 2 rings (SSSR count). The van der Waals surface area contributed by atoms with Crippen LogP contribution < -0.4 is 8.91 Å². The molecule has 1 aliphatic rings. The Morgan fingerprint density at radius 3 is 2.71 bits per heavy atom. The summed E-state index contributed by atoms with van der Waals surface area (Å²) in [5.41, 5.74) is 0.430. The molecule has 1 atom stereocenters. The van der Waals surface area contributed by atoms with E-state index in [2.05, 4.69) is 11.3 Å². The summed E-state index contributed by atoms with van der Waals surface area (Å²) in [6, 6.07) is 6.74. The fourth-order valence-electron chi connectivity index (χ4n) is 1.82. The molecule has 0 radical (unpaired) electrons. The third-order valence-electron chi connectivity index (χ3n) is 2.96. The van der Waals surface area contributed by atoms with Gasteiger partial charge in [-0.05, 0) is 6.07 Å². The summed E-state index contributed by atoms with van der Waals surface area (Å²) >= 11 is 0. The first kappa shape index (κ1) is 12.1. The lowest BCUT2D eigenvalue weighted by molar-refractivity contribution is 0.318. The molecule has 0 saturated carbocycles. The van der Waals surface area contributed by atoms with Gasteiger partial charge in [-0.25, -0.2) is 0 Å². The smallest absolute Gasteiger partial charge is 0.371 e. The predicted octanol–water partition coefficient (Wildman–Crippen LogP) is 2.17. The van der Waals surface area contributed by atoms with Gasteiger partial charge in [0.15, 0.2) is 0 Å². The summed E-state index contributed by atoms with van der Waals surface area (Å²) in [5.74, 6) is 0.381. The van der Waals surface area contributed by atoms with Gasteiger partial charge in [-0.1, -0.05) is 38.1 Å². The molecular formula is C12H15NO3S. The maximum absolute atomic E-state index is 11.6. The molecule has 0 spiro atoms. The molecule has 0 bridgehead atoms. The first-order chi connectivity index (χ1) is 7.86. The van der Waals surface area contributed by atoms with E-state index >= 15 is 0 Å². The van der Waals surface area contributed by atoms with E-state index in [0.717, 1.165) is 5.56 Å². The molecule has 92 valence electrons. The van der Waals surface area contributed by atoms with Crippen molar-refractivity contribution in [2.45, 2.75) is 19.9 Å². The van der Waals surface area contributed by atoms with Crippen molar-refractivity contribution < 1.29 is 12.6 Å². The van der Waals surface area contributed by atoms with Crippen LogP contribution in [-0.2, 0) is 10.3 Å². The third kappa shape index (κ3) is 2.21. The van der Waals surface area contributed by atoms with Crippen LogP contribution in [0.2, 0.25) is 0 Å². The Morgan fingerprint density at radius 2 is 2.06 bits per heavy atom. The molecule has 1 aromatic carbocycles. The monoisotopic (exact) mass is 253 g/mol. The number of hydrogen-bond donors (Lipinski definition) is 1. The first-order valence-electron chi connectivity index (χ1n) is 5.30. The van der Waals surface area contributed by atoms with Crippen LogP contribution in [0.1, 0.15) is 25.5 Å². The minimum Gasteiger partial charge on any atom is -0.371 e. The zero-order valence-electron chi connectivity index (χ0n) is 9.80. The second-order valence-corrected chi connectivity index (χ2v) is 5.96. The highest BCUT2D eigenvalue weighted by molar-refractivity contribution is 7.85. The van der Waals surface area contributed by atoms with Crippen LogP contribution >= 0.6 is 0 Å². The number of nitrogens with one attached hydrogen (secondary N) is 1. The molecule has 0 unspecified atom stereocenters. The molecule has 0 aliphatic carbocycles. The molecule has 0 fully saturated rings. The summed E-state index contributed by atoms with van der Waals surface area (Å²) in [7, 11) is -3.74. The van der Waals surface area contributed by atoms with E-state index in [9.17, 15) is 8.42 Å². The van der Waals surface area contributed by atoms with E-state index in [-0.39, 0.29) is 6.04 Å². The predicted molar refractivity (Wildman–Crippen MR) is 65.8 cm³/mol. The standard InChI is InChI=1S/C12H15NO3S/c1-4-12(2,3)11-9-7-5-6-8-10(9)16-17(14,15)13-11/h4-8,11,13H,1H2,2-3H3/t11-/m1/s1. The number of rotatable bonds is 2. The van der Waals surface area contributed by atoms with Gasteiger partial charge in [0.05, 0.1) is 6.04 Å². The maximum Gasteiger partial charge on any atom is 0.383 e. The van der Waals surface area contributed by atoms with Crippen LogP contribution in [0.5, 0.6) is 5.75 Å².